The van der Waals surface area contributed by atoms with Gasteiger partial charge in [0.1, 0.15) is 0 Å². The molecule has 3 aromatic carbocycles. The van der Waals surface area contributed by atoms with E-state index in [1.54, 1.807) is 0 Å². The molecule has 0 saturated carbocycles. The number of fused-ring (bicyclic) bond motifs is 1. The molecule has 5 aromatic rings. The van der Waals surface area contributed by atoms with Crippen molar-refractivity contribution in [2.75, 3.05) is 0 Å². The molecule has 0 fully saturated rings. The molecular formula is C28H26N4+2. The highest BCUT2D eigenvalue weighted by Gasteiger charge is 2.15. The molecule has 0 atom stereocenters. The number of benzene rings is 3. The average Bonchev–Trinajstić information content (AvgIpc) is 2.88. The van der Waals surface area contributed by atoms with E-state index in [2.05, 4.69) is 90.3 Å². The minimum absolute atomic E-state index is 0.777. The molecule has 0 aliphatic heterocycles. The first-order chi connectivity index (χ1) is 15.8. The fourth-order valence-electron chi connectivity index (χ4n) is 4.04. The van der Waals surface area contributed by atoms with E-state index in [-0.39, 0.29) is 0 Å². The Morgan fingerprint density at radius 3 is 1.78 bits per heavy atom. The van der Waals surface area contributed by atoms with Crippen molar-refractivity contribution in [2.45, 2.75) is 13.1 Å². The van der Waals surface area contributed by atoms with Gasteiger partial charge >= 0.3 is 0 Å². The van der Waals surface area contributed by atoms with E-state index in [9.17, 15) is 0 Å². The second-order valence-electron chi connectivity index (χ2n) is 7.87. The van der Waals surface area contributed by atoms with Gasteiger partial charge in [-0.25, -0.2) is 4.98 Å². The van der Waals surface area contributed by atoms with E-state index in [4.69, 9.17) is 9.97 Å². The van der Waals surface area contributed by atoms with Crippen LogP contribution in [0.15, 0.2) is 97.2 Å². The number of pyridine rings is 2. The van der Waals surface area contributed by atoms with Gasteiger partial charge in [-0.1, -0.05) is 78.9 Å². The van der Waals surface area contributed by atoms with Crippen LogP contribution in [0.5, 0.6) is 0 Å². The Hall–Kier alpha value is -3.86. The highest BCUT2D eigenvalue weighted by molar-refractivity contribution is 5.98. The third-order valence-electron chi connectivity index (χ3n) is 5.86. The van der Waals surface area contributed by atoms with Gasteiger partial charge in [-0.05, 0) is 17.7 Å². The summed E-state index contributed by atoms with van der Waals surface area (Å²) in [5.41, 5.74) is 17.7. The molecule has 0 bridgehead atoms. The van der Waals surface area contributed by atoms with Crippen molar-refractivity contribution >= 4 is 10.9 Å². The number of hydrogen-bond donors (Lipinski definition) is 2. The molecule has 0 unspecified atom stereocenters. The molecule has 156 valence electrons. The number of rotatable bonds is 5. The van der Waals surface area contributed by atoms with Crippen molar-refractivity contribution in [3.05, 3.63) is 108 Å². The van der Waals surface area contributed by atoms with E-state index >= 15 is 0 Å². The van der Waals surface area contributed by atoms with Gasteiger partial charge in [0.05, 0.1) is 30.0 Å². The molecule has 32 heavy (non-hydrogen) atoms. The molecule has 0 aliphatic carbocycles. The Morgan fingerprint density at radius 1 is 0.594 bits per heavy atom. The second kappa shape index (κ2) is 8.71. The van der Waals surface area contributed by atoms with Gasteiger partial charge in [-0.15, -0.1) is 0 Å². The molecule has 0 amide bonds. The van der Waals surface area contributed by atoms with Gasteiger partial charge in [-0.3, -0.25) is 4.98 Å². The summed E-state index contributed by atoms with van der Waals surface area (Å²) in [6.45, 7) is 1.55. The number of quaternary nitrogens is 2. The van der Waals surface area contributed by atoms with Crippen molar-refractivity contribution in [3.63, 3.8) is 0 Å². The average molecular weight is 419 g/mol. The van der Waals surface area contributed by atoms with Gasteiger partial charge < -0.3 is 11.5 Å². The van der Waals surface area contributed by atoms with Crippen LogP contribution in [0, 0.1) is 0 Å². The zero-order valence-corrected chi connectivity index (χ0v) is 18.0. The van der Waals surface area contributed by atoms with E-state index < -0.39 is 0 Å². The predicted molar refractivity (Wildman–Crippen MR) is 129 cm³/mol. The molecule has 6 N–H and O–H groups in total. The minimum Gasteiger partial charge on any atom is -0.354 e. The van der Waals surface area contributed by atoms with Gasteiger partial charge in [-0.2, -0.15) is 0 Å². The standard InChI is InChI=1S/C28H24N4/c29-17-19-6-10-22(11-7-19)27-25-16-24(21-4-2-1-3-5-21)28(32-26(25)14-15-31-27)23-12-8-20(18-30)9-13-23/h1-16H,17-18,29-30H2/p+2. The van der Waals surface area contributed by atoms with Crippen LogP contribution >= 0.6 is 0 Å². The summed E-state index contributed by atoms with van der Waals surface area (Å²) in [7, 11) is 0. The highest BCUT2D eigenvalue weighted by atomic mass is 14.7. The van der Waals surface area contributed by atoms with E-state index in [0.29, 0.717) is 0 Å². The van der Waals surface area contributed by atoms with Gasteiger partial charge in [0, 0.05) is 39.4 Å². The van der Waals surface area contributed by atoms with Crippen LogP contribution in [0.1, 0.15) is 11.1 Å². The maximum atomic E-state index is 5.13. The normalized spacial score (nSPS) is 11.1. The summed E-state index contributed by atoms with van der Waals surface area (Å²) in [5, 5.41) is 1.05. The first kappa shape index (κ1) is 20.1. The minimum atomic E-state index is 0.777. The second-order valence-corrected chi connectivity index (χ2v) is 7.87. The first-order valence-corrected chi connectivity index (χ1v) is 10.9. The lowest BCUT2D eigenvalue weighted by Gasteiger charge is -2.14. The van der Waals surface area contributed by atoms with Crippen molar-refractivity contribution in [1.29, 1.82) is 0 Å². The lowest BCUT2D eigenvalue weighted by Crippen LogP contribution is -2.47. The van der Waals surface area contributed by atoms with Crippen molar-refractivity contribution in [1.82, 2.24) is 9.97 Å². The fourth-order valence-corrected chi connectivity index (χ4v) is 4.04. The largest absolute Gasteiger partial charge is 0.354 e. The predicted octanol–water partition coefficient (Wildman–Crippen LogP) is 4.11. The smallest absolute Gasteiger partial charge is 0.0997 e. The molecule has 2 aromatic heterocycles. The van der Waals surface area contributed by atoms with Crippen molar-refractivity contribution in [2.24, 2.45) is 0 Å². The van der Waals surface area contributed by atoms with Gasteiger partial charge in [0.25, 0.3) is 0 Å². The Balaban J connectivity index is 1.75. The van der Waals surface area contributed by atoms with E-state index in [0.717, 1.165) is 57.6 Å². The number of nitrogens with zero attached hydrogens (tertiary/aromatic N) is 2. The Bertz CT molecular complexity index is 1360. The highest BCUT2D eigenvalue weighted by Crippen LogP contribution is 2.36. The Kier molecular flexibility index (Phi) is 5.46. The third kappa shape index (κ3) is 3.78. The Morgan fingerprint density at radius 2 is 1.19 bits per heavy atom. The molecule has 0 radical (unpaired) electrons. The summed E-state index contributed by atoms with van der Waals surface area (Å²) in [5.74, 6) is 0. The molecule has 5 rings (SSSR count). The van der Waals surface area contributed by atoms with E-state index in [1.165, 1.54) is 11.1 Å². The number of aromatic nitrogens is 2. The van der Waals surface area contributed by atoms with Crippen LogP contribution in [0.25, 0.3) is 44.5 Å². The van der Waals surface area contributed by atoms with Gasteiger partial charge in [0.15, 0.2) is 0 Å². The monoisotopic (exact) mass is 418 g/mol. The van der Waals surface area contributed by atoms with E-state index in [1.807, 2.05) is 18.3 Å². The summed E-state index contributed by atoms with van der Waals surface area (Å²) in [6, 6.07) is 31.7. The van der Waals surface area contributed by atoms with Crippen LogP contribution in [0.3, 0.4) is 0 Å². The lowest BCUT2D eigenvalue weighted by molar-refractivity contribution is -0.386. The zero-order chi connectivity index (χ0) is 21.9. The lowest BCUT2D eigenvalue weighted by atomic mass is 9.95. The molecule has 0 saturated heterocycles. The van der Waals surface area contributed by atoms with Crippen molar-refractivity contribution in [3.8, 4) is 33.6 Å². The first-order valence-electron chi connectivity index (χ1n) is 10.9. The zero-order valence-electron chi connectivity index (χ0n) is 18.0. The summed E-state index contributed by atoms with van der Waals surface area (Å²) >= 11 is 0. The maximum absolute atomic E-state index is 5.13. The molecule has 0 aliphatic rings. The molecular weight excluding hydrogens is 392 g/mol. The molecule has 2 heterocycles. The molecule has 0 spiro atoms. The summed E-state index contributed by atoms with van der Waals surface area (Å²) in [6.07, 6.45) is 1.85. The number of hydrogen-bond acceptors (Lipinski definition) is 2. The SMILES string of the molecule is [NH3+]Cc1ccc(-c2nc3ccnc(-c4ccc(C[NH3+])cc4)c3cc2-c2ccccc2)cc1. The Labute approximate surface area is 187 Å². The summed E-state index contributed by atoms with van der Waals surface area (Å²) < 4.78 is 0. The van der Waals surface area contributed by atoms with Crippen molar-refractivity contribution < 1.29 is 11.5 Å². The fraction of sp³-hybridized carbons (Fsp3) is 0.0714. The maximum Gasteiger partial charge on any atom is 0.0997 e. The third-order valence-corrected chi connectivity index (χ3v) is 5.86. The van der Waals surface area contributed by atoms with Gasteiger partial charge in [0.2, 0.25) is 0 Å². The van der Waals surface area contributed by atoms with Crippen LogP contribution in [-0.4, -0.2) is 9.97 Å². The molecule has 4 nitrogen and oxygen atoms in total. The van der Waals surface area contributed by atoms with Crippen LogP contribution in [-0.2, 0) is 13.1 Å². The quantitative estimate of drug-likeness (QED) is 0.450. The van der Waals surface area contributed by atoms with Crippen LogP contribution in [0.2, 0.25) is 0 Å². The van der Waals surface area contributed by atoms with Crippen LogP contribution in [0.4, 0.5) is 0 Å². The van der Waals surface area contributed by atoms with Crippen LogP contribution < -0.4 is 11.5 Å². The topological polar surface area (TPSA) is 81.1 Å². The summed E-state index contributed by atoms with van der Waals surface area (Å²) in [4.78, 5) is 9.86. The molecule has 4 heteroatoms.